The molecule has 0 bridgehead atoms. The van der Waals surface area contributed by atoms with Gasteiger partial charge in [0.2, 0.25) is 0 Å². The third-order valence-electron chi connectivity index (χ3n) is 4.76. The summed E-state index contributed by atoms with van der Waals surface area (Å²) in [6, 6.07) is 15.7. The lowest BCUT2D eigenvalue weighted by Gasteiger charge is -2.36. The van der Waals surface area contributed by atoms with Crippen LogP contribution in [-0.4, -0.2) is 54.1 Å². The highest BCUT2D eigenvalue weighted by molar-refractivity contribution is 7.80. The third kappa shape index (κ3) is 5.28. The molecule has 27 heavy (non-hydrogen) atoms. The number of hydrogen-bond acceptors (Lipinski definition) is 4. The summed E-state index contributed by atoms with van der Waals surface area (Å²) in [5.41, 5.74) is 3.02. The van der Waals surface area contributed by atoms with Crippen molar-refractivity contribution in [3.63, 3.8) is 0 Å². The van der Waals surface area contributed by atoms with Crippen molar-refractivity contribution in [1.29, 1.82) is 0 Å². The van der Waals surface area contributed by atoms with Gasteiger partial charge in [-0.2, -0.15) is 0 Å². The fourth-order valence-electron chi connectivity index (χ4n) is 3.05. The van der Waals surface area contributed by atoms with E-state index in [1.54, 1.807) is 7.11 Å². The zero-order valence-corrected chi connectivity index (χ0v) is 16.6. The summed E-state index contributed by atoms with van der Waals surface area (Å²) in [5, 5.41) is 3.35. The lowest BCUT2D eigenvalue weighted by Crippen LogP contribution is -2.52. The van der Waals surface area contributed by atoms with Crippen LogP contribution < -0.4 is 10.1 Å². The van der Waals surface area contributed by atoms with E-state index in [-0.39, 0.29) is 5.91 Å². The smallest absolute Gasteiger partial charge is 0.257 e. The Hall–Kier alpha value is -2.44. The molecule has 0 saturated carbocycles. The van der Waals surface area contributed by atoms with Crippen molar-refractivity contribution >= 4 is 23.2 Å². The van der Waals surface area contributed by atoms with Crippen molar-refractivity contribution in [3.05, 3.63) is 65.2 Å². The molecule has 0 atom stereocenters. The molecule has 3 rings (SSSR count). The summed E-state index contributed by atoms with van der Waals surface area (Å²) in [6.45, 7) is 6.34. The molecule has 1 amide bonds. The van der Waals surface area contributed by atoms with Crippen LogP contribution >= 0.6 is 12.2 Å². The minimum atomic E-state index is -0.152. The van der Waals surface area contributed by atoms with Gasteiger partial charge in [0.05, 0.1) is 7.11 Å². The molecule has 1 aliphatic rings. The minimum absolute atomic E-state index is 0.152. The number of methoxy groups -OCH3 is 1. The van der Waals surface area contributed by atoms with Crippen LogP contribution in [0.1, 0.15) is 21.5 Å². The Labute approximate surface area is 165 Å². The molecule has 6 heteroatoms. The van der Waals surface area contributed by atoms with Crippen LogP contribution in [0.2, 0.25) is 0 Å². The van der Waals surface area contributed by atoms with Gasteiger partial charge in [-0.3, -0.25) is 15.0 Å². The van der Waals surface area contributed by atoms with Gasteiger partial charge in [-0.15, -0.1) is 0 Å². The largest absolute Gasteiger partial charge is 0.497 e. The van der Waals surface area contributed by atoms with Gasteiger partial charge >= 0.3 is 0 Å². The van der Waals surface area contributed by atoms with Crippen molar-refractivity contribution in [3.8, 4) is 5.75 Å². The molecule has 5 nitrogen and oxygen atoms in total. The predicted molar refractivity (Wildman–Crippen MR) is 111 cm³/mol. The van der Waals surface area contributed by atoms with Crippen LogP contribution in [0.15, 0.2) is 48.5 Å². The number of carbonyl (C=O) groups is 1. The predicted octanol–water partition coefficient (Wildman–Crippen LogP) is 2.84. The number of ether oxygens (including phenoxy) is 1. The Morgan fingerprint density at radius 3 is 2.26 bits per heavy atom. The Kier molecular flexibility index (Phi) is 6.42. The molecule has 0 unspecified atom stereocenters. The first-order chi connectivity index (χ1) is 13.0. The van der Waals surface area contributed by atoms with E-state index >= 15 is 0 Å². The van der Waals surface area contributed by atoms with Gasteiger partial charge in [0.25, 0.3) is 5.91 Å². The molecule has 1 aliphatic heterocycles. The summed E-state index contributed by atoms with van der Waals surface area (Å²) in [6.07, 6.45) is 0. The molecule has 0 spiro atoms. The number of rotatable bonds is 4. The number of nitrogens with zero attached hydrogens (tertiary/aromatic N) is 2. The molecular formula is C21H25N3O2S. The summed E-state index contributed by atoms with van der Waals surface area (Å²) in [5.74, 6) is 0.721. The summed E-state index contributed by atoms with van der Waals surface area (Å²) < 4.78 is 5.20. The van der Waals surface area contributed by atoms with Crippen molar-refractivity contribution in [2.45, 2.75) is 13.5 Å². The molecule has 142 valence electrons. The Morgan fingerprint density at radius 1 is 1.04 bits per heavy atom. The Balaban J connectivity index is 1.47. The third-order valence-corrected chi connectivity index (χ3v) is 5.12. The van der Waals surface area contributed by atoms with Crippen LogP contribution in [0.5, 0.6) is 5.75 Å². The standard InChI is InChI=1S/C21H25N3O2S/c1-16-3-7-18(8-4-16)20(25)22-21(27)24-13-11-23(12-14-24)15-17-5-9-19(26-2)10-6-17/h3-10H,11-15H2,1-2H3,(H,22,25,27). The van der Waals surface area contributed by atoms with Crippen LogP contribution in [0.25, 0.3) is 0 Å². The van der Waals surface area contributed by atoms with E-state index in [9.17, 15) is 4.79 Å². The quantitative estimate of drug-likeness (QED) is 0.823. The van der Waals surface area contributed by atoms with Gasteiger partial charge in [0.1, 0.15) is 5.75 Å². The number of carbonyl (C=O) groups excluding carboxylic acids is 1. The number of amides is 1. The lowest BCUT2D eigenvalue weighted by molar-refractivity contribution is 0.0969. The molecular weight excluding hydrogens is 358 g/mol. The number of aryl methyl sites for hydroxylation is 1. The highest BCUT2D eigenvalue weighted by Crippen LogP contribution is 2.14. The van der Waals surface area contributed by atoms with Crippen molar-refractivity contribution in [2.75, 3.05) is 33.3 Å². The van der Waals surface area contributed by atoms with Crippen molar-refractivity contribution in [2.24, 2.45) is 0 Å². The molecule has 2 aromatic carbocycles. The second-order valence-corrected chi connectivity index (χ2v) is 7.12. The van der Waals surface area contributed by atoms with E-state index in [4.69, 9.17) is 17.0 Å². The number of nitrogens with one attached hydrogen (secondary N) is 1. The van der Waals surface area contributed by atoms with E-state index in [0.717, 1.165) is 44.0 Å². The number of thiocarbonyl (C=S) groups is 1. The van der Waals surface area contributed by atoms with Gasteiger partial charge in [-0.1, -0.05) is 29.8 Å². The van der Waals surface area contributed by atoms with Crippen molar-refractivity contribution in [1.82, 2.24) is 15.1 Å². The molecule has 0 radical (unpaired) electrons. The average Bonchev–Trinajstić information content (AvgIpc) is 2.69. The molecule has 1 N–H and O–H groups in total. The van der Waals surface area contributed by atoms with E-state index in [1.165, 1.54) is 5.56 Å². The monoisotopic (exact) mass is 383 g/mol. The van der Waals surface area contributed by atoms with Gasteiger partial charge in [-0.25, -0.2) is 0 Å². The first-order valence-electron chi connectivity index (χ1n) is 9.07. The van der Waals surface area contributed by atoms with E-state index in [2.05, 4.69) is 27.2 Å². The second kappa shape index (κ2) is 8.97. The van der Waals surface area contributed by atoms with E-state index in [0.29, 0.717) is 10.7 Å². The summed E-state index contributed by atoms with van der Waals surface area (Å²) in [4.78, 5) is 16.8. The van der Waals surface area contributed by atoms with Crippen LogP contribution in [0, 0.1) is 6.92 Å². The fourth-order valence-corrected chi connectivity index (χ4v) is 3.33. The molecule has 2 aromatic rings. The zero-order chi connectivity index (χ0) is 19.2. The lowest BCUT2D eigenvalue weighted by atomic mass is 10.1. The van der Waals surface area contributed by atoms with Crippen LogP contribution in [-0.2, 0) is 6.54 Å². The molecule has 1 fully saturated rings. The summed E-state index contributed by atoms with van der Waals surface area (Å²) >= 11 is 5.43. The second-order valence-electron chi connectivity index (χ2n) is 6.74. The van der Waals surface area contributed by atoms with E-state index in [1.807, 2.05) is 43.3 Å². The van der Waals surface area contributed by atoms with Crippen LogP contribution in [0.3, 0.4) is 0 Å². The van der Waals surface area contributed by atoms with Gasteiger partial charge in [0.15, 0.2) is 5.11 Å². The highest BCUT2D eigenvalue weighted by Gasteiger charge is 2.20. The van der Waals surface area contributed by atoms with Gasteiger partial charge in [-0.05, 0) is 49.0 Å². The van der Waals surface area contributed by atoms with E-state index < -0.39 is 0 Å². The maximum absolute atomic E-state index is 12.3. The van der Waals surface area contributed by atoms with Gasteiger partial charge < -0.3 is 9.64 Å². The normalized spacial score (nSPS) is 14.7. The average molecular weight is 384 g/mol. The minimum Gasteiger partial charge on any atom is -0.497 e. The number of benzene rings is 2. The zero-order valence-electron chi connectivity index (χ0n) is 15.8. The molecule has 0 aromatic heterocycles. The first kappa shape index (κ1) is 19.3. The fraction of sp³-hybridized carbons (Fsp3) is 0.333. The Bertz CT molecular complexity index is 782. The topological polar surface area (TPSA) is 44.8 Å². The first-order valence-corrected chi connectivity index (χ1v) is 9.48. The molecule has 1 saturated heterocycles. The van der Waals surface area contributed by atoms with Crippen molar-refractivity contribution < 1.29 is 9.53 Å². The summed E-state index contributed by atoms with van der Waals surface area (Å²) in [7, 11) is 1.68. The Morgan fingerprint density at radius 2 is 1.67 bits per heavy atom. The highest BCUT2D eigenvalue weighted by atomic mass is 32.1. The number of hydrogen-bond donors (Lipinski definition) is 1. The van der Waals surface area contributed by atoms with Gasteiger partial charge in [0, 0.05) is 38.3 Å². The maximum atomic E-state index is 12.3. The molecule has 0 aliphatic carbocycles. The number of piperazine rings is 1. The maximum Gasteiger partial charge on any atom is 0.257 e. The SMILES string of the molecule is COc1ccc(CN2CCN(C(=S)NC(=O)c3ccc(C)cc3)CC2)cc1. The van der Waals surface area contributed by atoms with Crippen LogP contribution in [0.4, 0.5) is 0 Å². The molecule has 1 heterocycles.